The molecule has 2 saturated heterocycles. The summed E-state index contributed by atoms with van der Waals surface area (Å²) in [5, 5.41) is 0. The molecule has 0 amide bonds. The maximum absolute atomic E-state index is 6.27. The van der Waals surface area contributed by atoms with Gasteiger partial charge in [-0.15, -0.1) is 0 Å². The van der Waals surface area contributed by atoms with Crippen molar-refractivity contribution in [3.05, 3.63) is 0 Å². The van der Waals surface area contributed by atoms with Gasteiger partial charge in [0.25, 0.3) is 0 Å². The first-order valence-corrected chi connectivity index (χ1v) is 12.7. The van der Waals surface area contributed by atoms with Crippen LogP contribution in [0.1, 0.15) is 104 Å². The summed E-state index contributed by atoms with van der Waals surface area (Å²) in [6.07, 6.45) is 18.2. The van der Waals surface area contributed by atoms with Crippen LogP contribution < -0.4 is 0 Å². The molecular weight excluding hydrogens is 364 g/mol. The maximum Gasteiger partial charge on any atom is 0.157 e. The monoisotopic (exact) mass is 408 g/mol. The highest BCUT2D eigenvalue weighted by atomic mass is 16.7. The van der Waals surface area contributed by atoms with Gasteiger partial charge in [-0.05, 0) is 107 Å². The molecule has 2 saturated carbocycles. The number of ether oxygens (including phenoxy) is 4. The van der Waals surface area contributed by atoms with E-state index in [9.17, 15) is 0 Å². The minimum atomic E-state index is 0.0710. The fraction of sp³-hybridized carbons (Fsp3) is 1.00. The van der Waals surface area contributed by atoms with E-state index in [1.807, 2.05) is 0 Å². The molecule has 0 bridgehead atoms. The molecule has 2 heterocycles. The summed E-state index contributed by atoms with van der Waals surface area (Å²) in [4.78, 5) is 0. The second-order valence-corrected chi connectivity index (χ2v) is 10.6. The van der Waals surface area contributed by atoms with Crippen LogP contribution in [0.2, 0.25) is 0 Å². The van der Waals surface area contributed by atoms with Gasteiger partial charge in [0, 0.05) is 13.2 Å². The topological polar surface area (TPSA) is 36.9 Å². The molecule has 0 N–H and O–H groups in total. The van der Waals surface area contributed by atoms with Gasteiger partial charge in [0.2, 0.25) is 0 Å². The third-order valence-electron chi connectivity index (χ3n) is 8.42. The van der Waals surface area contributed by atoms with E-state index in [0.717, 1.165) is 37.9 Å². The average Bonchev–Trinajstić information content (AvgIpc) is 2.76. The van der Waals surface area contributed by atoms with Crippen molar-refractivity contribution in [3.63, 3.8) is 0 Å². The first-order chi connectivity index (χ1) is 14.1. The van der Waals surface area contributed by atoms with E-state index in [1.54, 1.807) is 0 Å². The molecule has 29 heavy (non-hydrogen) atoms. The van der Waals surface area contributed by atoms with E-state index in [4.69, 9.17) is 18.9 Å². The normalized spacial score (nSPS) is 39.9. The van der Waals surface area contributed by atoms with Crippen LogP contribution in [0.25, 0.3) is 0 Å². The molecule has 4 nitrogen and oxygen atoms in total. The SMILES string of the molecule is CC(C)(C1CCC(OC2CCCCO2)CC1)C1CCC(OC2CCCCO2)CC1. The van der Waals surface area contributed by atoms with Crippen LogP contribution in [-0.2, 0) is 18.9 Å². The summed E-state index contributed by atoms with van der Waals surface area (Å²) in [6, 6.07) is 0. The smallest absolute Gasteiger partial charge is 0.157 e. The van der Waals surface area contributed by atoms with E-state index in [1.165, 1.54) is 77.0 Å². The summed E-state index contributed by atoms with van der Waals surface area (Å²) >= 11 is 0. The number of rotatable bonds is 6. The van der Waals surface area contributed by atoms with Crippen molar-refractivity contribution in [3.8, 4) is 0 Å². The predicted molar refractivity (Wildman–Crippen MR) is 115 cm³/mol. The van der Waals surface area contributed by atoms with Gasteiger partial charge in [0.05, 0.1) is 12.2 Å². The van der Waals surface area contributed by atoms with Crippen molar-refractivity contribution in [1.29, 1.82) is 0 Å². The van der Waals surface area contributed by atoms with Gasteiger partial charge < -0.3 is 18.9 Å². The van der Waals surface area contributed by atoms with Gasteiger partial charge in [-0.3, -0.25) is 0 Å². The van der Waals surface area contributed by atoms with Crippen LogP contribution >= 0.6 is 0 Å². The van der Waals surface area contributed by atoms with Crippen LogP contribution in [0.5, 0.6) is 0 Å². The Morgan fingerprint density at radius 2 is 0.966 bits per heavy atom. The first-order valence-electron chi connectivity index (χ1n) is 12.7. The summed E-state index contributed by atoms with van der Waals surface area (Å²) in [7, 11) is 0. The van der Waals surface area contributed by atoms with Crippen molar-refractivity contribution in [1.82, 2.24) is 0 Å². The summed E-state index contributed by atoms with van der Waals surface area (Å²) < 4.78 is 24.1. The van der Waals surface area contributed by atoms with Gasteiger partial charge in [0.1, 0.15) is 0 Å². The zero-order valence-corrected chi connectivity index (χ0v) is 18.9. The highest BCUT2D eigenvalue weighted by Crippen LogP contribution is 2.49. The molecule has 2 aliphatic heterocycles. The average molecular weight is 409 g/mol. The largest absolute Gasteiger partial charge is 0.353 e. The van der Waals surface area contributed by atoms with Crippen molar-refractivity contribution in [2.45, 2.75) is 129 Å². The Bertz CT molecular complexity index is 423. The first kappa shape index (κ1) is 22.0. The third kappa shape index (κ3) is 5.96. The molecule has 4 aliphatic rings. The molecule has 0 radical (unpaired) electrons. The molecule has 4 heteroatoms. The van der Waals surface area contributed by atoms with Gasteiger partial charge in [0.15, 0.2) is 12.6 Å². The summed E-state index contributed by atoms with van der Waals surface area (Å²) in [5.74, 6) is 1.66. The Labute approximate surface area is 178 Å². The molecule has 2 aliphatic carbocycles. The molecule has 0 aromatic heterocycles. The maximum atomic E-state index is 6.27. The van der Waals surface area contributed by atoms with Gasteiger partial charge in [-0.25, -0.2) is 0 Å². The fourth-order valence-corrected chi connectivity index (χ4v) is 6.29. The minimum Gasteiger partial charge on any atom is -0.353 e. The van der Waals surface area contributed by atoms with Gasteiger partial charge in [-0.2, -0.15) is 0 Å². The van der Waals surface area contributed by atoms with Gasteiger partial charge >= 0.3 is 0 Å². The second kappa shape index (κ2) is 10.4. The lowest BCUT2D eigenvalue weighted by molar-refractivity contribution is -0.199. The molecule has 4 rings (SSSR count). The Morgan fingerprint density at radius 1 is 0.552 bits per heavy atom. The summed E-state index contributed by atoms with van der Waals surface area (Å²) in [6.45, 7) is 6.84. The molecule has 2 atom stereocenters. The van der Waals surface area contributed by atoms with E-state index in [0.29, 0.717) is 17.6 Å². The second-order valence-electron chi connectivity index (χ2n) is 10.6. The number of hydrogen-bond donors (Lipinski definition) is 0. The zero-order chi connectivity index (χ0) is 20.1. The molecular formula is C25H44O4. The fourth-order valence-electron chi connectivity index (χ4n) is 6.29. The lowest BCUT2D eigenvalue weighted by Gasteiger charge is -2.47. The molecule has 2 unspecified atom stereocenters. The zero-order valence-electron chi connectivity index (χ0n) is 18.9. The van der Waals surface area contributed by atoms with E-state index in [2.05, 4.69) is 13.8 Å². The highest BCUT2D eigenvalue weighted by molar-refractivity contribution is 4.91. The standard InChI is InChI=1S/C25H44O4/c1-25(2,19-9-13-21(14-10-19)28-23-7-3-5-17-26-23)20-11-15-22(16-12-20)29-24-8-4-6-18-27-24/h19-24H,3-18H2,1-2H3. The Morgan fingerprint density at radius 3 is 1.31 bits per heavy atom. The van der Waals surface area contributed by atoms with Crippen LogP contribution in [-0.4, -0.2) is 38.0 Å². The van der Waals surface area contributed by atoms with Crippen molar-refractivity contribution >= 4 is 0 Å². The third-order valence-corrected chi connectivity index (χ3v) is 8.42. The van der Waals surface area contributed by atoms with Crippen LogP contribution in [0.4, 0.5) is 0 Å². The van der Waals surface area contributed by atoms with E-state index < -0.39 is 0 Å². The van der Waals surface area contributed by atoms with Crippen molar-refractivity contribution in [2.75, 3.05) is 13.2 Å². The van der Waals surface area contributed by atoms with Crippen molar-refractivity contribution < 1.29 is 18.9 Å². The molecule has 0 spiro atoms. The van der Waals surface area contributed by atoms with E-state index >= 15 is 0 Å². The Balaban J connectivity index is 1.19. The molecule has 4 fully saturated rings. The van der Waals surface area contributed by atoms with Crippen LogP contribution in [0.3, 0.4) is 0 Å². The predicted octanol–water partition coefficient (Wildman–Crippen LogP) is 6.22. The minimum absolute atomic E-state index is 0.0710. The van der Waals surface area contributed by atoms with Gasteiger partial charge in [-0.1, -0.05) is 13.8 Å². The van der Waals surface area contributed by atoms with Crippen LogP contribution in [0, 0.1) is 17.3 Å². The Kier molecular flexibility index (Phi) is 7.93. The molecule has 0 aromatic rings. The van der Waals surface area contributed by atoms with Crippen molar-refractivity contribution in [2.24, 2.45) is 17.3 Å². The Hall–Kier alpha value is -0.160. The lowest BCUT2D eigenvalue weighted by atomic mass is 9.60. The molecule has 0 aromatic carbocycles. The summed E-state index contributed by atoms with van der Waals surface area (Å²) in [5.41, 5.74) is 0.429. The highest BCUT2D eigenvalue weighted by Gasteiger charge is 2.41. The van der Waals surface area contributed by atoms with E-state index in [-0.39, 0.29) is 12.6 Å². The lowest BCUT2D eigenvalue weighted by Crippen LogP contribution is -2.40. The van der Waals surface area contributed by atoms with Crippen LogP contribution in [0.15, 0.2) is 0 Å². The number of hydrogen-bond acceptors (Lipinski definition) is 4. The quantitative estimate of drug-likeness (QED) is 0.523. The molecule has 168 valence electrons.